The molecule has 0 aliphatic heterocycles. The van der Waals surface area contributed by atoms with Crippen molar-refractivity contribution in [2.75, 3.05) is 6.61 Å². The summed E-state index contributed by atoms with van der Waals surface area (Å²) in [4.78, 5) is 0.403. The minimum Gasteiger partial charge on any atom is -0.361 e. The average Bonchev–Trinajstić information content (AvgIpc) is 3.06. The maximum atomic E-state index is 13.6. The van der Waals surface area contributed by atoms with Crippen LogP contribution in [-0.4, -0.2) is 11.2 Å². The topological polar surface area (TPSA) is 38.0 Å². The predicted octanol–water partition coefficient (Wildman–Crippen LogP) is 6.67. The van der Waals surface area contributed by atoms with Gasteiger partial charge in [-0.15, -0.1) is 11.3 Å². The average molecular weight is 464 g/mol. The summed E-state index contributed by atoms with van der Waals surface area (Å²) >= 11 is 10.6. The number of nitrogens with zero attached hydrogens (tertiary/aromatic N) is 2. The van der Waals surface area contributed by atoms with Crippen LogP contribution < -0.4 is 0 Å². The number of thiophene rings is 1. The largest absolute Gasteiger partial charge is 0.432 e. The van der Waals surface area contributed by atoms with Crippen LogP contribution in [0.1, 0.15) is 18.2 Å². The van der Waals surface area contributed by atoms with Crippen molar-refractivity contribution in [1.29, 1.82) is 5.26 Å². The minimum absolute atomic E-state index is 0.103. The van der Waals surface area contributed by atoms with Crippen LogP contribution in [0.5, 0.6) is 0 Å². The highest BCUT2D eigenvalue weighted by Gasteiger charge is 2.41. The summed E-state index contributed by atoms with van der Waals surface area (Å²) in [5.41, 5.74) is -0.983. The second-order valence-electron chi connectivity index (χ2n) is 5.29. The molecular weight excluding hydrogens is 453 g/mol. The monoisotopic (exact) mass is 462 g/mol. The lowest BCUT2D eigenvalue weighted by atomic mass is 10.2. The molecule has 2 aromatic heterocycles. The van der Waals surface area contributed by atoms with Crippen molar-refractivity contribution in [3.63, 3.8) is 0 Å². The van der Waals surface area contributed by atoms with Gasteiger partial charge in [0.15, 0.2) is 0 Å². The van der Waals surface area contributed by atoms with Crippen molar-refractivity contribution in [2.45, 2.75) is 19.8 Å². The van der Waals surface area contributed by atoms with E-state index in [0.29, 0.717) is 9.90 Å². The molecule has 0 saturated carbocycles. The number of hydrogen-bond donors (Lipinski definition) is 0. The summed E-state index contributed by atoms with van der Waals surface area (Å²) in [6.07, 6.45) is -4.66. The second kappa shape index (κ2) is 7.24. The van der Waals surface area contributed by atoms with Crippen molar-refractivity contribution in [2.24, 2.45) is 0 Å². The van der Waals surface area contributed by atoms with Crippen LogP contribution in [0.2, 0.25) is 5.02 Å². The molecule has 9 heteroatoms. The van der Waals surface area contributed by atoms with E-state index in [1.807, 2.05) is 18.2 Å². The Kier molecular flexibility index (Phi) is 5.35. The Morgan fingerprint density at radius 2 is 2.04 bits per heavy atom. The molecule has 0 bridgehead atoms. The van der Waals surface area contributed by atoms with Crippen LogP contribution in [0.3, 0.4) is 0 Å². The Hall–Kier alpha value is -1.53. The zero-order chi connectivity index (χ0) is 19.1. The molecular formula is C17H11BrClF3N2OS. The van der Waals surface area contributed by atoms with Crippen LogP contribution in [0.4, 0.5) is 13.2 Å². The van der Waals surface area contributed by atoms with E-state index in [0.717, 1.165) is 14.7 Å². The SMILES string of the molecule is CCOCn1c(-c2sc3ccccc3c2Cl)c(C#N)c(Br)c1C(F)(F)F. The normalized spacial score (nSPS) is 11.9. The Morgan fingerprint density at radius 1 is 1.35 bits per heavy atom. The van der Waals surface area contributed by atoms with Gasteiger partial charge in [0, 0.05) is 16.7 Å². The lowest BCUT2D eigenvalue weighted by Crippen LogP contribution is -2.16. The quantitative estimate of drug-likeness (QED) is 0.433. The summed E-state index contributed by atoms with van der Waals surface area (Å²) in [5, 5.41) is 10.6. The van der Waals surface area contributed by atoms with E-state index >= 15 is 0 Å². The van der Waals surface area contributed by atoms with Crippen molar-refractivity contribution >= 4 is 49.0 Å². The van der Waals surface area contributed by atoms with Gasteiger partial charge in [-0.05, 0) is 28.9 Å². The first-order valence-corrected chi connectivity index (χ1v) is 9.44. The third-order valence-electron chi connectivity index (χ3n) is 3.76. The van der Waals surface area contributed by atoms with Gasteiger partial charge in [-0.3, -0.25) is 0 Å². The molecule has 0 atom stereocenters. The first kappa shape index (κ1) is 19.2. The van der Waals surface area contributed by atoms with Gasteiger partial charge in [-0.1, -0.05) is 29.8 Å². The number of hydrogen-bond acceptors (Lipinski definition) is 3. The third kappa shape index (κ3) is 3.14. The molecule has 3 aromatic rings. The van der Waals surface area contributed by atoms with Crippen LogP contribution in [0.15, 0.2) is 28.7 Å². The summed E-state index contributed by atoms with van der Waals surface area (Å²) < 4.78 is 47.6. The number of ether oxygens (including phenoxy) is 1. The van der Waals surface area contributed by atoms with Crippen molar-refractivity contribution in [1.82, 2.24) is 4.57 Å². The fourth-order valence-corrected chi connectivity index (χ4v) is 4.98. The van der Waals surface area contributed by atoms with E-state index in [2.05, 4.69) is 15.9 Å². The molecule has 136 valence electrons. The number of nitriles is 1. The molecule has 0 saturated heterocycles. The smallest absolute Gasteiger partial charge is 0.361 e. The molecule has 3 rings (SSSR count). The number of rotatable bonds is 4. The summed E-state index contributed by atoms with van der Waals surface area (Å²) in [7, 11) is 0. The van der Waals surface area contributed by atoms with Gasteiger partial charge in [0.05, 0.1) is 25.6 Å². The number of aromatic nitrogens is 1. The first-order chi connectivity index (χ1) is 12.3. The third-order valence-corrected chi connectivity index (χ3v) is 6.21. The molecule has 26 heavy (non-hydrogen) atoms. The van der Waals surface area contributed by atoms with Crippen LogP contribution in [0, 0.1) is 11.3 Å². The molecule has 0 aliphatic carbocycles. The van der Waals surface area contributed by atoms with E-state index in [1.165, 1.54) is 11.3 Å². The Morgan fingerprint density at radius 3 is 2.62 bits per heavy atom. The highest BCUT2D eigenvalue weighted by Crippen LogP contribution is 2.48. The van der Waals surface area contributed by atoms with Crippen LogP contribution in [0.25, 0.3) is 20.7 Å². The zero-order valence-electron chi connectivity index (χ0n) is 13.3. The predicted molar refractivity (Wildman–Crippen MR) is 99.3 cm³/mol. The summed E-state index contributed by atoms with van der Waals surface area (Å²) in [5.74, 6) is 0. The maximum Gasteiger partial charge on any atom is 0.432 e. The molecule has 3 nitrogen and oxygen atoms in total. The van der Waals surface area contributed by atoms with E-state index in [9.17, 15) is 18.4 Å². The van der Waals surface area contributed by atoms with Gasteiger partial charge in [0.1, 0.15) is 18.5 Å². The number of fused-ring (bicyclic) bond motifs is 1. The summed E-state index contributed by atoms with van der Waals surface area (Å²) in [6.45, 7) is 1.57. The maximum absolute atomic E-state index is 13.6. The molecule has 0 amide bonds. The number of benzene rings is 1. The van der Waals surface area contributed by atoms with E-state index < -0.39 is 11.9 Å². The molecule has 2 heterocycles. The van der Waals surface area contributed by atoms with Crippen LogP contribution in [-0.2, 0) is 17.6 Å². The number of halogens is 5. The van der Waals surface area contributed by atoms with E-state index in [-0.39, 0.29) is 29.1 Å². The highest BCUT2D eigenvalue weighted by atomic mass is 79.9. The molecule has 0 fully saturated rings. The van der Waals surface area contributed by atoms with Crippen molar-refractivity contribution < 1.29 is 17.9 Å². The van der Waals surface area contributed by atoms with Gasteiger partial charge in [0.25, 0.3) is 0 Å². The van der Waals surface area contributed by atoms with Crippen molar-refractivity contribution in [3.8, 4) is 16.6 Å². The van der Waals surface area contributed by atoms with Gasteiger partial charge < -0.3 is 9.30 Å². The van der Waals surface area contributed by atoms with Gasteiger partial charge >= 0.3 is 6.18 Å². The zero-order valence-corrected chi connectivity index (χ0v) is 16.5. The van der Waals surface area contributed by atoms with Gasteiger partial charge in [-0.25, -0.2) is 0 Å². The lowest BCUT2D eigenvalue weighted by molar-refractivity contribution is -0.146. The minimum atomic E-state index is -4.66. The molecule has 0 N–H and O–H groups in total. The van der Waals surface area contributed by atoms with E-state index in [4.69, 9.17) is 16.3 Å². The highest BCUT2D eigenvalue weighted by molar-refractivity contribution is 9.10. The van der Waals surface area contributed by atoms with Crippen LogP contribution >= 0.6 is 38.9 Å². The number of alkyl halides is 3. The molecule has 0 aliphatic rings. The standard InChI is InChI=1S/C17H11BrClF3N2OS/c1-2-25-8-24-14(10(7-23)12(18)16(24)17(20,21)22)15-13(19)9-5-3-4-6-11(9)26-15/h3-6H,2,8H2,1H3. The molecule has 0 radical (unpaired) electrons. The Labute approximate surface area is 164 Å². The second-order valence-corrected chi connectivity index (χ2v) is 7.51. The molecule has 0 spiro atoms. The molecule has 1 aromatic carbocycles. The Bertz CT molecular complexity index is 1020. The summed E-state index contributed by atoms with van der Waals surface area (Å²) in [6, 6.07) is 9.11. The molecule has 0 unspecified atom stereocenters. The van der Waals surface area contributed by atoms with Crippen molar-refractivity contribution in [3.05, 3.63) is 45.0 Å². The Balaban J connectivity index is 2.38. The first-order valence-electron chi connectivity index (χ1n) is 7.45. The van der Waals surface area contributed by atoms with Gasteiger partial charge in [0.2, 0.25) is 0 Å². The fourth-order valence-electron chi connectivity index (χ4n) is 2.68. The van der Waals surface area contributed by atoms with Gasteiger partial charge in [-0.2, -0.15) is 18.4 Å². The lowest BCUT2D eigenvalue weighted by Gasteiger charge is -2.15. The fraction of sp³-hybridized carbons (Fsp3) is 0.235. The van der Waals surface area contributed by atoms with E-state index in [1.54, 1.807) is 19.1 Å².